The average Bonchev–Trinajstić information content (AvgIpc) is 3.16. The van der Waals surface area contributed by atoms with Gasteiger partial charge in [-0.3, -0.25) is 4.90 Å². The quantitative estimate of drug-likeness (QED) is 0.459. The lowest BCUT2D eigenvalue weighted by Crippen LogP contribution is -2.42. The summed E-state index contributed by atoms with van der Waals surface area (Å²) in [5, 5.41) is 3.64. The van der Waals surface area contributed by atoms with Crippen molar-refractivity contribution >= 4 is 0 Å². The minimum Gasteiger partial charge on any atom is -0.315 e. The maximum Gasteiger partial charge on any atom is 0.0264 e. The molecule has 0 aliphatic carbocycles. The zero-order valence-corrected chi connectivity index (χ0v) is 16.0. The van der Waals surface area contributed by atoms with Crippen LogP contribution < -0.4 is 5.32 Å². The van der Waals surface area contributed by atoms with Gasteiger partial charge in [-0.05, 0) is 38.3 Å². The van der Waals surface area contributed by atoms with Gasteiger partial charge in [-0.2, -0.15) is 0 Å². The number of nitrogens with zero attached hydrogens (tertiary/aromatic N) is 1. The Morgan fingerprint density at radius 3 is 2.04 bits per heavy atom. The molecule has 0 amide bonds. The Kier molecular flexibility index (Phi) is 9.60. The van der Waals surface area contributed by atoms with Gasteiger partial charge in [0.05, 0.1) is 0 Å². The smallest absolute Gasteiger partial charge is 0.0264 e. The number of hydrogen-bond acceptors (Lipinski definition) is 2. The Morgan fingerprint density at radius 2 is 1.43 bits per heavy atom. The zero-order valence-electron chi connectivity index (χ0n) is 16.0. The lowest BCUT2D eigenvalue weighted by Gasteiger charge is -2.33. The Morgan fingerprint density at radius 1 is 0.826 bits per heavy atom. The predicted molar refractivity (Wildman–Crippen MR) is 102 cm³/mol. The first kappa shape index (κ1) is 19.2. The fraction of sp³-hybridized carbons (Fsp3) is 1.00. The number of rotatable bonds is 13. The van der Waals surface area contributed by atoms with E-state index in [1.54, 1.807) is 0 Å². The third-order valence-electron chi connectivity index (χ3n) is 6.24. The first-order valence-electron chi connectivity index (χ1n) is 10.8. The van der Waals surface area contributed by atoms with E-state index < -0.39 is 0 Å². The molecule has 2 atom stereocenters. The molecule has 0 aromatic carbocycles. The molecule has 2 heterocycles. The van der Waals surface area contributed by atoms with Gasteiger partial charge >= 0.3 is 0 Å². The number of hydrogen-bond donors (Lipinski definition) is 1. The van der Waals surface area contributed by atoms with E-state index in [2.05, 4.69) is 24.1 Å². The van der Waals surface area contributed by atoms with Gasteiger partial charge in [0.15, 0.2) is 0 Å². The monoisotopic (exact) mass is 322 g/mol. The first-order valence-corrected chi connectivity index (χ1v) is 10.8. The SMILES string of the molecule is CCCCCCCC(CCCCCCC)N1CCC2CNCC21. The normalized spacial score (nSPS) is 24.7. The van der Waals surface area contributed by atoms with Gasteiger partial charge in [0.25, 0.3) is 0 Å². The van der Waals surface area contributed by atoms with E-state index in [0.717, 1.165) is 18.0 Å². The summed E-state index contributed by atoms with van der Waals surface area (Å²) in [6.07, 6.45) is 18.7. The van der Waals surface area contributed by atoms with Crippen LogP contribution in [0.5, 0.6) is 0 Å². The van der Waals surface area contributed by atoms with Crippen molar-refractivity contribution in [2.24, 2.45) is 5.92 Å². The van der Waals surface area contributed by atoms with E-state index in [-0.39, 0.29) is 0 Å². The zero-order chi connectivity index (χ0) is 16.3. The van der Waals surface area contributed by atoms with Crippen molar-refractivity contribution in [3.8, 4) is 0 Å². The number of likely N-dealkylation sites (tertiary alicyclic amines) is 1. The second-order valence-electron chi connectivity index (χ2n) is 8.07. The molecule has 2 rings (SSSR count). The molecule has 0 aromatic rings. The molecule has 1 N–H and O–H groups in total. The molecule has 0 saturated carbocycles. The number of nitrogens with one attached hydrogen (secondary N) is 1. The van der Waals surface area contributed by atoms with Crippen LogP contribution >= 0.6 is 0 Å². The van der Waals surface area contributed by atoms with E-state index >= 15 is 0 Å². The molecule has 0 bridgehead atoms. The number of unbranched alkanes of at least 4 members (excludes halogenated alkanes) is 8. The standard InChI is InChI=1S/C21H42N2/c1-3-5-7-9-11-13-20(14-12-10-8-6-4-2)23-16-15-19-17-22-18-21(19)23/h19-22H,3-18H2,1-2H3. The third kappa shape index (κ3) is 6.38. The van der Waals surface area contributed by atoms with Crippen LogP contribution in [0.2, 0.25) is 0 Å². The molecule has 2 heteroatoms. The van der Waals surface area contributed by atoms with Gasteiger partial charge in [-0.15, -0.1) is 0 Å². The van der Waals surface area contributed by atoms with Crippen LogP contribution in [0.25, 0.3) is 0 Å². The molecule has 2 aliphatic rings. The van der Waals surface area contributed by atoms with Gasteiger partial charge in [0.1, 0.15) is 0 Å². The molecule has 136 valence electrons. The number of fused-ring (bicyclic) bond motifs is 1. The van der Waals surface area contributed by atoms with Gasteiger partial charge < -0.3 is 5.32 Å². The highest BCUT2D eigenvalue weighted by Crippen LogP contribution is 2.32. The summed E-state index contributed by atoms with van der Waals surface area (Å²) in [6.45, 7) is 8.55. The summed E-state index contributed by atoms with van der Waals surface area (Å²) in [7, 11) is 0. The molecular weight excluding hydrogens is 280 g/mol. The lowest BCUT2D eigenvalue weighted by atomic mass is 9.97. The fourth-order valence-corrected chi connectivity index (χ4v) is 4.78. The van der Waals surface area contributed by atoms with E-state index in [1.807, 2.05) is 0 Å². The molecule has 0 spiro atoms. The topological polar surface area (TPSA) is 15.3 Å². The Labute approximate surface area is 145 Å². The first-order chi connectivity index (χ1) is 11.4. The lowest BCUT2D eigenvalue weighted by molar-refractivity contribution is 0.155. The largest absolute Gasteiger partial charge is 0.315 e. The Bertz CT molecular complexity index is 278. The highest BCUT2D eigenvalue weighted by atomic mass is 15.2. The molecule has 2 saturated heterocycles. The van der Waals surface area contributed by atoms with Crippen molar-refractivity contribution in [1.82, 2.24) is 10.2 Å². The van der Waals surface area contributed by atoms with Gasteiger partial charge in [-0.25, -0.2) is 0 Å². The van der Waals surface area contributed by atoms with Crippen LogP contribution in [0.3, 0.4) is 0 Å². The van der Waals surface area contributed by atoms with Crippen LogP contribution in [0, 0.1) is 5.92 Å². The average molecular weight is 323 g/mol. The van der Waals surface area contributed by atoms with Crippen molar-refractivity contribution in [3.05, 3.63) is 0 Å². The van der Waals surface area contributed by atoms with Gasteiger partial charge in [0, 0.05) is 18.6 Å². The molecule has 23 heavy (non-hydrogen) atoms. The summed E-state index contributed by atoms with van der Waals surface area (Å²) in [6, 6.07) is 1.75. The van der Waals surface area contributed by atoms with Crippen molar-refractivity contribution in [1.29, 1.82) is 0 Å². The van der Waals surface area contributed by atoms with Gasteiger partial charge in [-0.1, -0.05) is 78.1 Å². The van der Waals surface area contributed by atoms with Crippen LogP contribution in [0.4, 0.5) is 0 Å². The maximum atomic E-state index is 3.64. The Hall–Kier alpha value is -0.0800. The van der Waals surface area contributed by atoms with E-state index in [9.17, 15) is 0 Å². The van der Waals surface area contributed by atoms with Crippen LogP contribution in [0.1, 0.15) is 97.3 Å². The maximum absolute atomic E-state index is 3.64. The van der Waals surface area contributed by atoms with Crippen molar-refractivity contribution in [2.75, 3.05) is 19.6 Å². The van der Waals surface area contributed by atoms with Crippen LogP contribution in [0.15, 0.2) is 0 Å². The van der Waals surface area contributed by atoms with Gasteiger partial charge in [0.2, 0.25) is 0 Å². The second kappa shape index (κ2) is 11.5. The van der Waals surface area contributed by atoms with Crippen LogP contribution in [-0.4, -0.2) is 36.6 Å². The molecule has 2 nitrogen and oxygen atoms in total. The fourth-order valence-electron chi connectivity index (χ4n) is 4.78. The highest BCUT2D eigenvalue weighted by molar-refractivity contribution is 4.96. The van der Waals surface area contributed by atoms with Crippen LogP contribution in [-0.2, 0) is 0 Å². The highest BCUT2D eigenvalue weighted by Gasteiger charge is 2.39. The molecule has 2 fully saturated rings. The minimum atomic E-state index is 0.867. The molecular formula is C21H42N2. The van der Waals surface area contributed by atoms with E-state index in [4.69, 9.17) is 0 Å². The molecule has 0 radical (unpaired) electrons. The summed E-state index contributed by atoms with van der Waals surface area (Å²) in [5.74, 6) is 0.956. The molecule has 2 aliphatic heterocycles. The predicted octanol–water partition coefficient (Wildman–Crippen LogP) is 5.37. The van der Waals surface area contributed by atoms with Crippen molar-refractivity contribution in [2.45, 2.75) is 109 Å². The van der Waals surface area contributed by atoms with E-state index in [1.165, 1.54) is 103 Å². The summed E-state index contributed by atoms with van der Waals surface area (Å²) in [5.41, 5.74) is 0. The second-order valence-corrected chi connectivity index (χ2v) is 8.07. The molecule has 0 aromatic heterocycles. The third-order valence-corrected chi connectivity index (χ3v) is 6.24. The van der Waals surface area contributed by atoms with Crippen molar-refractivity contribution < 1.29 is 0 Å². The summed E-state index contributed by atoms with van der Waals surface area (Å²) < 4.78 is 0. The minimum absolute atomic E-state index is 0.867. The summed E-state index contributed by atoms with van der Waals surface area (Å²) >= 11 is 0. The van der Waals surface area contributed by atoms with E-state index in [0.29, 0.717) is 0 Å². The van der Waals surface area contributed by atoms with Crippen molar-refractivity contribution in [3.63, 3.8) is 0 Å². The Balaban J connectivity index is 1.73. The summed E-state index contributed by atoms with van der Waals surface area (Å²) in [4.78, 5) is 2.92. The molecule has 2 unspecified atom stereocenters.